The molecule has 1 unspecified atom stereocenters. The Balaban J connectivity index is 1.81. The van der Waals surface area contributed by atoms with Crippen molar-refractivity contribution in [3.05, 3.63) is 76.9 Å². The van der Waals surface area contributed by atoms with E-state index in [2.05, 4.69) is 10.4 Å². The monoisotopic (exact) mass is 369 g/mol. The summed E-state index contributed by atoms with van der Waals surface area (Å²) in [4.78, 5) is 12.7. The first-order valence-corrected chi connectivity index (χ1v) is 8.61. The van der Waals surface area contributed by atoms with Gasteiger partial charge in [0.25, 0.3) is 5.91 Å². The number of hydrogen-bond acceptors (Lipinski definition) is 3. The van der Waals surface area contributed by atoms with E-state index >= 15 is 0 Å². The molecule has 26 heavy (non-hydrogen) atoms. The predicted octanol–water partition coefficient (Wildman–Crippen LogP) is 3.38. The van der Waals surface area contributed by atoms with Gasteiger partial charge >= 0.3 is 0 Å². The second kappa shape index (κ2) is 7.32. The first-order valence-electron chi connectivity index (χ1n) is 8.23. The number of carbonyl (C=O) groups is 1. The van der Waals surface area contributed by atoms with Crippen LogP contribution in [0.5, 0.6) is 0 Å². The number of aryl methyl sites for hydroxylation is 1. The molecule has 0 spiro atoms. The molecule has 0 bridgehead atoms. The fraction of sp³-hybridized carbons (Fsp3) is 0.200. The van der Waals surface area contributed by atoms with Crippen LogP contribution in [0.2, 0.25) is 5.02 Å². The Kier molecular flexibility index (Phi) is 5.11. The predicted molar refractivity (Wildman–Crippen MR) is 102 cm³/mol. The minimum absolute atomic E-state index is 0.0265. The van der Waals surface area contributed by atoms with Crippen LogP contribution in [0, 0.1) is 0 Å². The molecule has 1 atom stereocenters. The van der Waals surface area contributed by atoms with E-state index in [1.54, 1.807) is 42.9 Å². The molecule has 0 aliphatic heterocycles. The Morgan fingerprint density at radius 1 is 1.19 bits per heavy atom. The van der Waals surface area contributed by atoms with Crippen molar-refractivity contribution in [3.8, 4) is 11.3 Å². The van der Waals surface area contributed by atoms with Crippen molar-refractivity contribution in [1.82, 2.24) is 15.1 Å². The molecule has 6 heteroatoms. The number of aliphatic hydroxyl groups is 1. The van der Waals surface area contributed by atoms with Gasteiger partial charge < -0.3 is 10.4 Å². The van der Waals surface area contributed by atoms with Crippen molar-refractivity contribution in [2.24, 2.45) is 7.05 Å². The van der Waals surface area contributed by atoms with Crippen LogP contribution in [0.3, 0.4) is 0 Å². The van der Waals surface area contributed by atoms with E-state index in [9.17, 15) is 9.90 Å². The summed E-state index contributed by atoms with van der Waals surface area (Å²) >= 11 is 6.16. The Hall–Kier alpha value is -2.63. The molecule has 3 rings (SSSR count). The van der Waals surface area contributed by atoms with E-state index in [4.69, 9.17) is 11.6 Å². The lowest BCUT2D eigenvalue weighted by atomic mass is 9.95. The van der Waals surface area contributed by atoms with Gasteiger partial charge in [-0.25, -0.2) is 0 Å². The second-order valence-electron chi connectivity index (χ2n) is 6.33. The number of rotatable bonds is 5. The van der Waals surface area contributed by atoms with Crippen LogP contribution < -0.4 is 5.32 Å². The minimum Gasteiger partial charge on any atom is -0.384 e. The average molecular weight is 370 g/mol. The summed E-state index contributed by atoms with van der Waals surface area (Å²) in [7, 11) is 1.79. The highest BCUT2D eigenvalue weighted by molar-refractivity contribution is 6.31. The van der Waals surface area contributed by atoms with Crippen molar-refractivity contribution in [2.75, 3.05) is 6.54 Å². The van der Waals surface area contributed by atoms with E-state index in [1.807, 2.05) is 30.3 Å². The topological polar surface area (TPSA) is 67.2 Å². The lowest BCUT2D eigenvalue weighted by molar-refractivity contribution is 0.0527. The van der Waals surface area contributed by atoms with Gasteiger partial charge in [-0.3, -0.25) is 9.48 Å². The molecule has 1 aromatic heterocycles. The zero-order chi connectivity index (χ0) is 18.7. The number of hydrogen-bond donors (Lipinski definition) is 2. The van der Waals surface area contributed by atoms with Gasteiger partial charge in [0.1, 0.15) is 5.60 Å². The quantitative estimate of drug-likeness (QED) is 0.724. The summed E-state index contributed by atoms with van der Waals surface area (Å²) in [6.07, 6.45) is 1.53. The van der Waals surface area contributed by atoms with Gasteiger partial charge in [0.15, 0.2) is 0 Å². The molecular weight excluding hydrogens is 350 g/mol. The summed E-state index contributed by atoms with van der Waals surface area (Å²) < 4.78 is 1.66. The van der Waals surface area contributed by atoms with Crippen LogP contribution in [0.4, 0.5) is 0 Å². The molecule has 1 heterocycles. The standard InChI is InChI=1S/C20H20ClN3O2/c1-20(26,16-10-6-7-11-17(16)21)13-22-19(25)15-12-23-24(2)18(15)14-8-4-3-5-9-14/h3-12,26H,13H2,1-2H3,(H,22,25). The van der Waals surface area contributed by atoms with Gasteiger partial charge in [-0.2, -0.15) is 5.10 Å². The summed E-state index contributed by atoms with van der Waals surface area (Å²) in [5, 5.41) is 18.2. The number of halogens is 1. The van der Waals surface area contributed by atoms with E-state index in [-0.39, 0.29) is 12.5 Å². The van der Waals surface area contributed by atoms with Gasteiger partial charge in [0.2, 0.25) is 0 Å². The Morgan fingerprint density at radius 2 is 1.85 bits per heavy atom. The SMILES string of the molecule is Cn1ncc(C(=O)NCC(C)(O)c2ccccc2Cl)c1-c1ccccc1. The highest BCUT2D eigenvalue weighted by Gasteiger charge is 2.27. The summed E-state index contributed by atoms with van der Waals surface area (Å²) in [5.74, 6) is -0.302. The molecule has 0 radical (unpaired) electrons. The zero-order valence-corrected chi connectivity index (χ0v) is 15.4. The second-order valence-corrected chi connectivity index (χ2v) is 6.74. The molecule has 0 saturated carbocycles. The third-order valence-electron chi connectivity index (χ3n) is 4.28. The number of nitrogens with one attached hydrogen (secondary N) is 1. The van der Waals surface area contributed by atoms with Crippen LogP contribution in [-0.2, 0) is 12.6 Å². The van der Waals surface area contributed by atoms with Crippen LogP contribution in [0.25, 0.3) is 11.3 Å². The van der Waals surface area contributed by atoms with Crippen LogP contribution in [0.15, 0.2) is 60.8 Å². The molecule has 2 N–H and O–H groups in total. The average Bonchev–Trinajstić information content (AvgIpc) is 3.02. The molecule has 0 aliphatic rings. The Morgan fingerprint density at radius 3 is 2.54 bits per heavy atom. The van der Waals surface area contributed by atoms with Crippen molar-refractivity contribution < 1.29 is 9.90 Å². The van der Waals surface area contributed by atoms with Gasteiger partial charge in [0, 0.05) is 23.2 Å². The van der Waals surface area contributed by atoms with Crippen LogP contribution in [0.1, 0.15) is 22.8 Å². The number of carbonyl (C=O) groups excluding carboxylic acids is 1. The summed E-state index contributed by atoms with van der Waals surface area (Å²) in [6, 6.07) is 16.6. The molecule has 3 aromatic rings. The number of nitrogens with zero attached hydrogens (tertiary/aromatic N) is 2. The normalized spacial score (nSPS) is 13.2. The Bertz CT molecular complexity index is 920. The molecule has 0 saturated heterocycles. The highest BCUT2D eigenvalue weighted by atomic mass is 35.5. The summed E-state index contributed by atoms with van der Waals surface area (Å²) in [5.41, 5.74) is 1.35. The fourth-order valence-electron chi connectivity index (χ4n) is 2.88. The third-order valence-corrected chi connectivity index (χ3v) is 4.61. The number of aromatic nitrogens is 2. The molecule has 5 nitrogen and oxygen atoms in total. The van der Waals surface area contributed by atoms with Crippen molar-refractivity contribution in [3.63, 3.8) is 0 Å². The first-order chi connectivity index (χ1) is 12.4. The highest BCUT2D eigenvalue weighted by Crippen LogP contribution is 2.28. The maximum absolute atomic E-state index is 12.7. The van der Waals surface area contributed by atoms with Crippen molar-refractivity contribution >= 4 is 17.5 Å². The molecule has 1 amide bonds. The fourth-order valence-corrected chi connectivity index (χ4v) is 3.22. The van der Waals surface area contributed by atoms with E-state index in [0.717, 1.165) is 11.3 Å². The van der Waals surface area contributed by atoms with Crippen molar-refractivity contribution in [2.45, 2.75) is 12.5 Å². The maximum atomic E-state index is 12.7. The largest absolute Gasteiger partial charge is 0.384 e. The van der Waals surface area contributed by atoms with E-state index < -0.39 is 5.60 Å². The molecule has 0 aliphatic carbocycles. The van der Waals surface area contributed by atoms with Gasteiger partial charge in [-0.1, -0.05) is 60.1 Å². The lowest BCUT2D eigenvalue weighted by Crippen LogP contribution is -2.38. The molecule has 134 valence electrons. The lowest BCUT2D eigenvalue weighted by Gasteiger charge is -2.25. The van der Waals surface area contributed by atoms with Crippen LogP contribution >= 0.6 is 11.6 Å². The molecule has 0 fully saturated rings. The Labute approximate surface area is 157 Å². The molecule has 2 aromatic carbocycles. The van der Waals surface area contributed by atoms with Crippen molar-refractivity contribution in [1.29, 1.82) is 0 Å². The smallest absolute Gasteiger partial charge is 0.255 e. The number of benzene rings is 2. The number of amides is 1. The first kappa shape index (κ1) is 18.2. The van der Waals surface area contributed by atoms with Crippen LogP contribution in [-0.4, -0.2) is 27.3 Å². The zero-order valence-electron chi connectivity index (χ0n) is 14.6. The third kappa shape index (κ3) is 3.64. The van der Waals surface area contributed by atoms with Gasteiger partial charge in [-0.05, 0) is 13.0 Å². The van der Waals surface area contributed by atoms with E-state index in [1.165, 1.54) is 6.20 Å². The summed E-state index contributed by atoms with van der Waals surface area (Å²) in [6.45, 7) is 1.65. The molecular formula is C20H20ClN3O2. The van der Waals surface area contributed by atoms with E-state index in [0.29, 0.717) is 16.1 Å². The minimum atomic E-state index is -1.29. The van der Waals surface area contributed by atoms with Gasteiger partial charge in [0.05, 0.1) is 24.0 Å². The maximum Gasteiger partial charge on any atom is 0.255 e. The van der Waals surface area contributed by atoms with Gasteiger partial charge in [-0.15, -0.1) is 0 Å².